The van der Waals surface area contributed by atoms with Crippen molar-refractivity contribution in [1.82, 2.24) is 4.90 Å². The highest BCUT2D eigenvalue weighted by molar-refractivity contribution is 5.25. The summed E-state index contributed by atoms with van der Waals surface area (Å²) >= 11 is 0. The van der Waals surface area contributed by atoms with E-state index in [2.05, 4.69) is 57.2 Å². The molecule has 0 aliphatic heterocycles. The molecule has 1 atom stereocenters. The van der Waals surface area contributed by atoms with Crippen LogP contribution in [0.15, 0.2) is 24.3 Å². The first-order chi connectivity index (χ1) is 9.22. The third-order valence-electron chi connectivity index (χ3n) is 4.41. The maximum Gasteiger partial charge on any atom is 0.0984 e. The van der Waals surface area contributed by atoms with Crippen LogP contribution in [0, 0.1) is 23.2 Å². The number of rotatable bonds is 9. The van der Waals surface area contributed by atoms with Gasteiger partial charge in [0.15, 0.2) is 0 Å². The Kier molecular flexibility index (Phi) is 7.86. The van der Waals surface area contributed by atoms with Gasteiger partial charge in [-0.3, -0.25) is 4.90 Å². The van der Waals surface area contributed by atoms with Crippen molar-refractivity contribution in [2.75, 3.05) is 27.4 Å². The third-order valence-corrected chi connectivity index (χ3v) is 4.41. The molecule has 0 spiro atoms. The van der Waals surface area contributed by atoms with Crippen LogP contribution < -0.4 is 0 Å². The van der Waals surface area contributed by atoms with E-state index in [-0.39, 0.29) is 10.8 Å². The smallest absolute Gasteiger partial charge is 0.0984 e. The molecular weight excluding hydrogens is 246 g/mol. The molecule has 0 fully saturated rings. The van der Waals surface area contributed by atoms with Gasteiger partial charge in [0.25, 0.3) is 0 Å². The molecule has 0 rings (SSSR count). The number of terminal acetylenes is 1. The van der Waals surface area contributed by atoms with Crippen LogP contribution in [0.4, 0.5) is 0 Å². The highest BCUT2D eigenvalue weighted by atomic mass is 16.5. The molecule has 2 heteroatoms. The van der Waals surface area contributed by atoms with E-state index in [1.807, 2.05) is 7.05 Å². The molecule has 0 heterocycles. The van der Waals surface area contributed by atoms with Crippen molar-refractivity contribution >= 4 is 0 Å². The predicted octanol–water partition coefficient (Wildman–Crippen LogP) is 4.10. The summed E-state index contributed by atoms with van der Waals surface area (Å²) < 4.78 is 5.08. The fourth-order valence-corrected chi connectivity index (χ4v) is 1.82. The van der Waals surface area contributed by atoms with E-state index in [1.54, 1.807) is 7.11 Å². The van der Waals surface area contributed by atoms with E-state index in [1.165, 1.54) is 0 Å². The molecule has 0 N–H and O–H groups in total. The summed E-state index contributed by atoms with van der Waals surface area (Å²) in [6.07, 6.45) is 11.9. The van der Waals surface area contributed by atoms with E-state index in [0.29, 0.717) is 6.73 Å². The molecule has 2 nitrogen and oxygen atoms in total. The largest absolute Gasteiger partial charge is 0.369 e. The van der Waals surface area contributed by atoms with Gasteiger partial charge < -0.3 is 4.74 Å². The number of nitrogens with zero attached hydrogens (tertiary/aromatic N) is 1. The Hall–Kier alpha value is -1.04. The molecule has 0 saturated carbocycles. The summed E-state index contributed by atoms with van der Waals surface area (Å²) in [5.74, 6) is 2.95. The van der Waals surface area contributed by atoms with Gasteiger partial charge in [-0.1, -0.05) is 51.0 Å². The van der Waals surface area contributed by atoms with Crippen LogP contribution in [-0.2, 0) is 4.74 Å². The van der Waals surface area contributed by atoms with Gasteiger partial charge in [-0.2, -0.15) is 0 Å². The molecule has 20 heavy (non-hydrogen) atoms. The van der Waals surface area contributed by atoms with Gasteiger partial charge in [-0.15, -0.1) is 6.42 Å². The molecule has 114 valence electrons. The first-order valence-corrected chi connectivity index (χ1v) is 7.24. The molecule has 0 bridgehead atoms. The van der Waals surface area contributed by atoms with E-state index in [0.717, 1.165) is 25.0 Å². The Balaban J connectivity index is 4.61. The van der Waals surface area contributed by atoms with Crippen molar-refractivity contribution in [2.45, 2.75) is 40.5 Å². The molecule has 0 aliphatic carbocycles. The van der Waals surface area contributed by atoms with Gasteiger partial charge in [-0.05, 0) is 32.2 Å². The van der Waals surface area contributed by atoms with Crippen LogP contribution in [0.5, 0.6) is 0 Å². The van der Waals surface area contributed by atoms with Gasteiger partial charge in [0.1, 0.15) is 0 Å². The Morgan fingerprint density at radius 2 is 2.00 bits per heavy atom. The van der Waals surface area contributed by atoms with E-state index < -0.39 is 0 Å². The van der Waals surface area contributed by atoms with Crippen LogP contribution in [0.3, 0.4) is 0 Å². The number of hydrogen-bond acceptors (Lipinski definition) is 2. The van der Waals surface area contributed by atoms with E-state index in [9.17, 15) is 0 Å². The Morgan fingerprint density at radius 3 is 2.45 bits per heavy atom. The zero-order valence-electron chi connectivity index (χ0n) is 14.1. The fourth-order valence-electron chi connectivity index (χ4n) is 1.82. The normalized spacial score (nSPS) is 15.3. The van der Waals surface area contributed by atoms with Crippen molar-refractivity contribution in [3.63, 3.8) is 0 Å². The maximum atomic E-state index is 5.76. The molecule has 0 amide bonds. The molecule has 0 aromatic heterocycles. The molecule has 1 unspecified atom stereocenters. The predicted molar refractivity (Wildman–Crippen MR) is 88.4 cm³/mol. The minimum Gasteiger partial charge on any atom is -0.369 e. The molecule has 0 aromatic rings. The molecule has 0 radical (unpaired) electrons. The van der Waals surface area contributed by atoms with E-state index >= 15 is 0 Å². The lowest BCUT2D eigenvalue weighted by atomic mass is 9.65. The second-order valence-corrected chi connectivity index (χ2v) is 6.32. The maximum absolute atomic E-state index is 5.76. The molecule has 0 aromatic carbocycles. The lowest BCUT2D eigenvalue weighted by Gasteiger charge is -2.37. The van der Waals surface area contributed by atoms with Gasteiger partial charge >= 0.3 is 0 Å². The number of hydrogen-bond donors (Lipinski definition) is 0. The lowest BCUT2D eigenvalue weighted by Crippen LogP contribution is -2.31. The summed E-state index contributed by atoms with van der Waals surface area (Å²) in [7, 11) is 3.74. The van der Waals surface area contributed by atoms with Gasteiger partial charge in [-0.25, -0.2) is 0 Å². The minimum atomic E-state index is -0.247. The number of ether oxygens (including phenoxy) is 1. The topological polar surface area (TPSA) is 12.5 Å². The molecule has 0 aliphatic rings. The van der Waals surface area contributed by atoms with E-state index in [4.69, 9.17) is 11.2 Å². The summed E-state index contributed by atoms with van der Waals surface area (Å²) in [4.78, 5) is 2.12. The van der Waals surface area contributed by atoms with Crippen molar-refractivity contribution < 1.29 is 4.74 Å². The Labute approximate surface area is 125 Å². The van der Waals surface area contributed by atoms with Crippen LogP contribution in [0.2, 0.25) is 0 Å². The summed E-state index contributed by atoms with van der Waals surface area (Å²) in [6, 6.07) is 0. The van der Waals surface area contributed by atoms with Crippen molar-refractivity contribution in [3.05, 3.63) is 24.3 Å². The molecule has 0 saturated heterocycles. The van der Waals surface area contributed by atoms with Gasteiger partial charge in [0.05, 0.1) is 12.1 Å². The lowest BCUT2D eigenvalue weighted by molar-refractivity contribution is 0.0828. The second kappa shape index (κ2) is 8.29. The van der Waals surface area contributed by atoms with Crippen molar-refractivity contribution in [2.24, 2.45) is 10.8 Å². The van der Waals surface area contributed by atoms with Crippen molar-refractivity contribution in [3.8, 4) is 12.3 Å². The average molecular weight is 277 g/mol. The SMILES string of the molecule is C#CC(C)(/C=C\C(=C)CCN(C)COC)C(C)(C)CC. The Bertz CT molecular complexity index is 375. The quantitative estimate of drug-likeness (QED) is 0.357. The highest BCUT2D eigenvalue weighted by Gasteiger charge is 2.35. The standard InChI is InChI=1S/C18H31NO/c1-9-17(4,5)18(6,10-2)13-11-16(3)12-14-19(7)15-20-8/h2,11,13H,3,9,12,14-15H2,1,4-8H3/b13-11-. The third kappa shape index (κ3) is 5.53. The Morgan fingerprint density at radius 1 is 1.40 bits per heavy atom. The summed E-state index contributed by atoms with van der Waals surface area (Å²) in [5, 5.41) is 0. The van der Waals surface area contributed by atoms with Gasteiger partial charge in [0.2, 0.25) is 0 Å². The van der Waals surface area contributed by atoms with Gasteiger partial charge in [0, 0.05) is 13.7 Å². The zero-order chi connectivity index (χ0) is 15.8. The highest BCUT2D eigenvalue weighted by Crippen LogP contribution is 2.42. The summed E-state index contributed by atoms with van der Waals surface area (Å²) in [5.41, 5.74) is 0.926. The van der Waals surface area contributed by atoms with Crippen molar-refractivity contribution in [1.29, 1.82) is 0 Å². The monoisotopic (exact) mass is 277 g/mol. The fraction of sp³-hybridized carbons (Fsp3) is 0.667. The minimum absolute atomic E-state index is 0.0748. The second-order valence-electron chi connectivity index (χ2n) is 6.32. The van der Waals surface area contributed by atoms with Crippen LogP contribution >= 0.6 is 0 Å². The number of methoxy groups -OCH3 is 1. The number of allylic oxidation sites excluding steroid dienone is 2. The molecular formula is C18H31NO. The average Bonchev–Trinajstić information content (AvgIpc) is 2.42. The van der Waals surface area contributed by atoms with Crippen LogP contribution in [0.1, 0.15) is 40.5 Å². The first kappa shape index (κ1) is 19.0. The first-order valence-electron chi connectivity index (χ1n) is 7.24. The summed E-state index contributed by atoms with van der Waals surface area (Å²) in [6.45, 7) is 14.4. The van der Waals surface area contributed by atoms with Crippen LogP contribution in [0.25, 0.3) is 0 Å². The van der Waals surface area contributed by atoms with Crippen LogP contribution in [-0.4, -0.2) is 32.3 Å². The zero-order valence-corrected chi connectivity index (χ0v) is 14.1.